The van der Waals surface area contributed by atoms with Crippen molar-refractivity contribution in [1.29, 1.82) is 0 Å². The molecule has 0 aromatic carbocycles. The van der Waals surface area contributed by atoms with Crippen molar-refractivity contribution >= 4 is 28.7 Å². The number of nitrogen functional groups attached to an aromatic ring is 1. The highest BCUT2D eigenvalue weighted by molar-refractivity contribution is 7.99. The van der Waals surface area contributed by atoms with Gasteiger partial charge in [0.15, 0.2) is 11.5 Å². The smallest absolute Gasteiger partial charge is 0.165 e. The Morgan fingerprint density at radius 1 is 1.39 bits per heavy atom. The molecule has 5 nitrogen and oxygen atoms in total. The molecule has 0 saturated carbocycles. The lowest BCUT2D eigenvalue weighted by molar-refractivity contribution is 0.695. The maximum Gasteiger partial charge on any atom is 0.165 e. The molecule has 2 aromatic heterocycles. The van der Waals surface area contributed by atoms with E-state index in [9.17, 15) is 0 Å². The highest BCUT2D eigenvalue weighted by Gasteiger charge is 2.07. The average Bonchev–Trinajstić information content (AvgIpc) is 2.79. The zero-order chi connectivity index (χ0) is 13.0. The number of anilines is 1. The average molecular weight is 265 g/mol. The van der Waals surface area contributed by atoms with Gasteiger partial charge in [-0.2, -0.15) is 11.8 Å². The van der Waals surface area contributed by atoms with Gasteiger partial charge in [0.1, 0.15) is 11.8 Å². The van der Waals surface area contributed by atoms with Crippen molar-refractivity contribution < 1.29 is 0 Å². The van der Waals surface area contributed by atoms with Gasteiger partial charge in [0.25, 0.3) is 0 Å². The largest absolute Gasteiger partial charge is 0.382 e. The van der Waals surface area contributed by atoms with Crippen LogP contribution < -0.4 is 5.73 Å². The Morgan fingerprint density at radius 3 is 3.00 bits per heavy atom. The number of nitrogens with zero attached hydrogens (tertiary/aromatic N) is 4. The fourth-order valence-corrected chi connectivity index (χ4v) is 2.63. The number of hydrogen-bond donors (Lipinski definition) is 1. The fourth-order valence-electron chi connectivity index (χ4n) is 1.70. The zero-order valence-corrected chi connectivity index (χ0v) is 11.7. The quantitative estimate of drug-likeness (QED) is 0.812. The lowest BCUT2D eigenvalue weighted by Crippen LogP contribution is -2.02. The Balaban J connectivity index is 1.94. The van der Waals surface area contributed by atoms with Gasteiger partial charge in [-0.3, -0.25) is 0 Å². The van der Waals surface area contributed by atoms with Crippen molar-refractivity contribution in [2.24, 2.45) is 0 Å². The molecule has 2 aromatic rings. The molecule has 0 radical (unpaired) electrons. The molecule has 0 aliphatic heterocycles. The molecule has 2 heterocycles. The third-order valence-corrected chi connectivity index (χ3v) is 4.38. The Bertz CT molecular complexity index is 510. The van der Waals surface area contributed by atoms with Crippen LogP contribution in [-0.4, -0.2) is 30.5 Å². The second-order valence-corrected chi connectivity index (χ2v) is 5.86. The highest BCUT2D eigenvalue weighted by atomic mass is 32.2. The van der Waals surface area contributed by atoms with Crippen molar-refractivity contribution in [3.63, 3.8) is 0 Å². The number of rotatable bonds is 6. The summed E-state index contributed by atoms with van der Waals surface area (Å²) in [6.45, 7) is 5.42. The summed E-state index contributed by atoms with van der Waals surface area (Å²) in [4.78, 5) is 12.4. The molecular formula is C12H19N5S. The van der Waals surface area contributed by atoms with E-state index in [1.54, 1.807) is 6.33 Å². The van der Waals surface area contributed by atoms with Crippen LogP contribution in [0.25, 0.3) is 11.2 Å². The van der Waals surface area contributed by atoms with Crippen LogP contribution in [0.15, 0.2) is 12.7 Å². The van der Waals surface area contributed by atoms with Crippen LogP contribution in [-0.2, 0) is 6.54 Å². The molecule has 6 heteroatoms. The SMILES string of the molecule is CCC(C)SCCCn1cnc2c(N)ncnc21. The summed E-state index contributed by atoms with van der Waals surface area (Å²) in [6.07, 6.45) is 5.63. The fraction of sp³-hybridized carbons (Fsp3) is 0.583. The Kier molecular flexibility index (Phi) is 4.41. The molecule has 0 bridgehead atoms. The molecule has 98 valence electrons. The molecule has 0 aliphatic carbocycles. The van der Waals surface area contributed by atoms with Crippen LogP contribution in [0, 0.1) is 0 Å². The third-order valence-electron chi connectivity index (χ3n) is 2.95. The Morgan fingerprint density at radius 2 is 2.22 bits per heavy atom. The third kappa shape index (κ3) is 2.93. The molecular weight excluding hydrogens is 246 g/mol. The number of hydrogen-bond acceptors (Lipinski definition) is 5. The normalized spacial score (nSPS) is 13.0. The first-order valence-corrected chi connectivity index (χ1v) is 7.30. The van der Waals surface area contributed by atoms with Gasteiger partial charge < -0.3 is 10.3 Å². The minimum absolute atomic E-state index is 0.452. The van der Waals surface area contributed by atoms with Crippen LogP contribution in [0.3, 0.4) is 0 Å². The molecule has 2 rings (SSSR count). The van der Waals surface area contributed by atoms with Gasteiger partial charge in [-0.1, -0.05) is 13.8 Å². The predicted octanol–water partition coefficient (Wildman–Crippen LogP) is 2.33. The summed E-state index contributed by atoms with van der Waals surface area (Å²) >= 11 is 2.02. The van der Waals surface area contributed by atoms with Gasteiger partial charge in [0.2, 0.25) is 0 Å². The summed E-state index contributed by atoms with van der Waals surface area (Å²) in [7, 11) is 0. The number of imidazole rings is 1. The molecule has 1 unspecified atom stereocenters. The van der Waals surface area contributed by atoms with Crippen LogP contribution in [0.5, 0.6) is 0 Å². The highest BCUT2D eigenvalue weighted by Crippen LogP contribution is 2.17. The van der Waals surface area contributed by atoms with Crippen molar-refractivity contribution in [2.45, 2.75) is 38.5 Å². The van der Waals surface area contributed by atoms with Crippen molar-refractivity contribution in [3.05, 3.63) is 12.7 Å². The second-order valence-electron chi connectivity index (χ2n) is 4.31. The van der Waals surface area contributed by atoms with E-state index in [1.807, 2.05) is 16.3 Å². The van der Waals surface area contributed by atoms with E-state index in [0.29, 0.717) is 11.3 Å². The van der Waals surface area contributed by atoms with Gasteiger partial charge in [-0.15, -0.1) is 0 Å². The number of thioether (sulfide) groups is 1. The minimum atomic E-state index is 0.452. The van der Waals surface area contributed by atoms with E-state index in [2.05, 4.69) is 28.8 Å². The van der Waals surface area contributed by atoms with Gasteiger partial charge in [0.05, 0.1) is 6.33 Å². The Hall–Kier alpha value is -1.30. The first-order valence-electron chi connectivity index (χ1n) is 6.25. The van der Waals surface area contributed by atoms with E-state index >= 15 is 0 Å². The first-order chi connectivity index (χ1) is 8.72. The van der Waals surface area contributed by atoms with Crippen LogP contribution in [0.4, 0.5) is 5.82 Å². The van der Waals surface area contributed by atoms with Gasteiger partial charge in [-0.05, 0) is 18.6 Å². The van der Waals surface area contributed by atoms with E-state index in [4.69, 9.17) is 5.73 Å². The van der Waals surface area contributed by atoms with E-state index in [-0.39, 0.29) is 0 Å². The van der Waals surface area contributed by atoms with Gasteiger partial charge >= 0.3 is 0 Å². The molecule has 1 atom stereocenters. The van der Waals surface area contributed by atoms with Crippen molar-refractivity contribution in [2.75, 3.05) is 11.5 Å². The van der Waals surface area contributed by atoms with E-state index in [1.165, 1.54) is 12.7 Å². The van der Waals surface area contributed by atoms with Gasteiger partial charge in [0, 0.05) is 11.8 Å². The number of fused-ring (bicyclic) bond motifs is 1. The summed E-state index contributed by atoms with van der Waals surface area (Å²) in [5.41, 5.74) is 7.28. The monoisotopic (exact) mass is 265 g/mol. The predicted molar refractivity (Wildman–Crippen MR) is 76.6 cm³/mol. The van der Waals surface area contributed by atoms with Crippen LogP contribution in [0.1, 0.15) is 26.7 Å². The summed E-state index contributed by atoms with van der Waals surface area (Å²) in [6, 6.07) is 0. The Labute approximate surface area is 111 Å². The second kappa shape index (κ2) is 6.04. The van der Waals surface area contributed by atoms with E-state index < -0.39 is 0 Å². The van der Waals surface area contributed by atoms with Crippen LogP contribution >= 0.6 is 11.8 Å². The van der Waals surface area contributed by atoms with E-state index in [0.717, 1.165) is 29.6 Å². The molecule has 0 spiro atoms. The molecule has 2 N–H and O–H groups in total. The molecule has 0 fully saturated rings. The number of nitrogens with two attached hydrogens (primary N) is 1. The standard InChI is InChI=1S/C12H19N5S/c1-3-9(2)18-6-4-5-17-8-16-10-11(13)14-7-15-12(10)17/h7-9H,3-6H2,1-2H3,(H2,13,14,15). The van der Waals surface area contributed by atoms with Crippen molar-refractivity contribution in [3.8, 4) is 0 Å². The topological polar surface area (TPSA) is 69.6 Å². The van der Waals surface area contributed by atoms with Gasteiger partial charge in [-0.25, -0.2) is 15.0 Å². The molecule has 18 heavy (non-hydrogen) atoms. The number of aryl methyl sites for hydroxylation is 1. The van der Waals surface area contributed by atoms with Crippen LogP contribution in [0.2, 0.25) is 0 Å². The number of aromatic nitrogens is 4. The van der Waals surface area contributed by atoms with Crippen molar-refractivity contribution in [1.82, 2.24) is 19.5 Å². The molecule has 0 saturated heterocycles. The minimum Gasteiger partial charge on any atom is -0.382 e. The summed E-state index contributed by atoms with van der Waals surface area (Å²) < 4.78 is 2.05. The molecule has 0 aliphatic rings. The summed E-state index contributed by atoms with van der Waals surface area (Å²) in [5, 5.41) is 0.738. The molecule has 0 amide bonds. The maximum atomic E-state index is 5.75. The maximum absolute atomic E-state index is 5.75. The summed E-state index contributed by atoms with van der Waals surface area (Å²) in [5.74, 6) is 1.61. The zero-order valence-electron chi connectivity index (χ0n) is 10.8. The lowest BCUT2D eigenvalue weighted by Gasteiger charge is -2.08. The lowest BCUT2D eigenvalue weighted by atomic mass is 10.4. The first kappa shape index (κ1) is 13.1.